The van der Waals surface area contributed by atoms with Crippen molar-refractivity contribution in [2.24, 2.45) is 0 Å². The van der Waals surface area contributed by atoms with Crippen LogP contribution in [0.3, 0.4) is 0 Å². The predicted octanol–water partition coefficient (Wildman–Crippen LogP) is 3.07. The normalized spacial score (nSPS) is 16.6. The van der Waals surface area contributed by atoms with Gasteiger partial charge in [0.2, 0.25) is 5.91 Å². The number of amides is 1. The Kier molecular flexibility index (Phi) is 6.72. The maximum absolute atomic E-state index is 13.1. The molecule has 29 heavy (non-hydrogen) atoms. The molecule has 1 unspecified atom stereocenters. The van der Waals surface area contributed by atoms with Crippen LogP contribution < -0.4 is 10.9 Å². The minimum absolute atomic E-state index is 0. The average molecular weight is 433 g/mol. The van der Waals surface area contributed by atoms with Crippen LogP contribution in [0.1, 0.15) is 18.9 Å². The SMILES string of the molecule is Cc1ccc(-c2csc3ncn(CCC(=O)N4CCNC(C)C4)c(=O)c23)cc1.Cl. The quantitative estimate of drug-likeness (QED) is 0.688. The summed E-state index contributed by atoms with van der Waals surface area (Å²) in [5.74, 6) is 0.0874. The Hall–Kier alpha value is -2.22. The Morgan fingerprint density at radius 2 is 2.07 bits per heavy atom. The summed E-state index contributed by atoms with van der Waals surface area (Å²) in [5.41, 5.74) is 3.02. The van der Waals surface area contributed by atoms with E-state index < -0.39 is 0 Å². The molecule has 4 rings (SSSR count). The van der Waals surface area contributed by atoms with Gasteiger partial charge in [0.25, 0.3) is 5.56 Å². The number of thiophene rings is 1. The molecular weight excluding hydrogens is 408 g/mol. The maximum Gasteiger partial charge on any atom is 0.262 e. The molecule has 1 amide bonds. The number of carbonyl (C=O) groups is 1. The molecule has 1 saturated heterocycles. The van der Waals surface area contributed by atoms with Gasteiger partial charge in [-0.3, -0.25) is 14.2 Å². The highest BCUT2D eigenvalue weighted by atomic mass is 35.5. The smallest absolute Gasteiger partial charge is 0.262 e. The third kappa shape index (κ3) is 4.52. The lowest BCUT2D eigenvalue weighted by atomic mass is 10.1. The molecule has 0 spiro atoms. The molecule has 1 aliphatic heterocycles. The fraction of sp³-hybridized carbons (Fsp3) is 0.381. The van der Waals surface area contributed by atoms with E-state index in [9.17, 15) is 9.59 Å². The Balaban J connectivity index is 0.00000240. The van der Waals surface area contributed by atoms with Crippen molar-refractivity contribution in [2.75, 3.05) is 19.6 Å². The number of rotatable bonds is 4. The van der Waals surface area contributed by atoms with Crippen molar-refractivity contribution in [3.63, 3.8) is 0 Å². The number of hydrogen-bond acceptors (Lipinski definition) is 5. The minimum atomic E-state index is -0.0803. The number of hydrogen-bond donors (Lipinski definition) is 1. The summed E-state index contributed by atoms with van der Waals surface area (Å²) in [6, 6.07) is 8.45. The lowest BCUT2D eigenvalue weighted by molar-refractivity contribution is -0.132. The number of aryl methyl sites for hydroxylation is 2. The molecule has 1 aromatic carbocycles. The van der Waals surface area contributed by atoms with Crippen LogP contribution in [0.5, 0.6) is 0 Å². The van der Waals surface area contributed by atoms with Gasteiger partial charge in [-0.15, -0.1) is 23.7 Å². The first kappa shape index (κ1) is 21.5. The van der Waals surface area contributed by atoms with Crippen LogP contribution in [0.15, 0.2) is 40.8 Å². The Labute approximate surface area is 180 Å². The van der Waals surface area contributed by atoms with Crippen molar-refractivity contribution in [3.8, 4) is 11.1 Å². The molecule has 0 saturated carbocycles. The second-order valence-electron chi connectivity index (χ2n) is 7.38. The van der Waals surface area contributed by atoms with Gasteiger partial charge in [-0.1, -0.05) is 29.8 Å². The Morgan fingerprint density at radius 3 is 2.79 bits per heavy atom. The van der Waals surface area contributed by atoms with Gasteiger partial charge in [0.05, 0.1) is 11.7 Å². The fourth-order valence-corrected chi connectivity index (χ4v) is 4.51. The van der Waals surface area contributed by atoms with Gasteiger partial charge in [0.1, 0.15) is 4.83 Å². The molecule has 0 aliphatic carbocycles. The number of aromatic nitrogens is 2. The number of piperazine rings is 1. The van der Waals surface area contributed by atoms with Crippen LogP contribution in [0.2, 0.25) is 0 Å². The van der Waals surface area contributed by atoms with Crippen LogP contribution in [-0.4, -0.2) is 46.0 Å². The van der Waals surface area contributed by atoms with E-state index in [4.69, 9.17) is 0 Å². The standard InChI is InChI=1S/C21H24N4O2S.ClH/c1-14-3-5-16(6-4-14)17-12-28-20-19(17)21(27)25(13-23-20)9-7-18(26)24-10-8-22-15(2)11-24;/h3-6,12-13,15,22H,7-11H2,1-2H3;1H. The number of benzene rings is 1. The van der Waals surface area contributed by atoms with Crippen LogP contribution >= 0.6 is 23.7 Å². The third-order valence-corrected chi connectivity index (χ3v) is 6.10. The monoisotopic (exact) mass is 432 g/mol. The maximum atomic E-state index is 13.1. The average Bonchev–Trinajstić information content (AvgIpc) is 3.13. The van der Waals surface area contributed by atoms with E-state index in [1.165, 1.54) is 16.9 Å². The first-order chi connectivity index (χ1) is 13.5. The van der Waals surface area contributed by atoms with Crippen LogP contribution in [0, 0.1) is 6.92 Å². The molecule has 1 atom stereocenters. The second-order valence-corrected chi connectivity index (χ2v) is 8.24. The molecule has 0 radical (unpaired) electrons. The van der Waals surface area contributed by atoms with Crippen molar-refractivity contribution in [1.82, 2.24) is 19.8 Å². The summed E-state index contributed by atoms with van der Waals surface area (Å²) >= 11 is 1.48. The largest absolute Gasteiger partial charge is 0.340 e. The molecule has 1 aliphatic rings. The van der Waals surface area contributed by atoms with Gasteiger partial charge < -0.3 is 10.2 Å². The lowest BCUT2D eigenvalue weighted by Gasteiger charge is -2.32. The lowest BCUT2D eigenvalue weighted by Crippen LogP contribution is -2.51. The zero-order valence-corrected chi connectivity index (χ0v) is 18.2. The van der Waals surface area contributed by atoms with Gasteiger partial charge >= 0.3 is 0 Å². The minimum Gasteiger partial charge on any atom is -0.340 e. The van der Waals surface area contributed by atoms with E-state index in [1.54, 1.807) is 10.9 Å². The predicted molar refractivity (Wildman–Crippen MR) is 120 cm³/mol. The molecule has 3 aromatic rings. The van der Waals surface area contributed by atoms with Crippen LogP contribution in [0.25, 0.3) is 21.3 Å². The highest BCUT2D eigenvalue weighted by molar-refractivity contribution is 7.17. The molecule has 1 N–H and O–H groups in total. The number of carbonyl (C=O) groups excluding carboxylic acids is 1. The van der Waals surface area contributed by atoms with Gasteiger partial charge in [0.15, 0.2) is 0 Å². The summed E-state index contributed by atoms with van der Waals surface area (Å²) in [5, 5.41) is 5.96. The molecule has 154 valence electrons. The van der Waals surface area contributed by atoms with Gasteiger partial charge in [-0.25, -0.2) is 4.98 Å². The molecule has 6 nitrogen and oxygen atoms in total. The summed E-state index contributed by atoms with van der Waals surface area (Å²) in [6.07, 6.45) is 1.87. The number of nitrogens with one attached hydrogen (secondary N) is 1. The van der Waals surface area contributed by atoms with Gasteiger partial charge in [-0.05, 0) is 19.4 Å². The zero-order chi connectivity index (χ0) is 19.7. The first-order valence-corrected chi connectivity index (χ1v) is 10.5. The zero-order valence-electron chi connectivity index (χ0n) is 16.6. The highest BCUT2D eigenvalue weighted by Gasteiger charge is 2.20. The van der Waals surface area contributed by atoms with Crippen molar-refractivity contribution in [2.45, 2.75) is 32.9 Å². The number of fused-ring (bicyclic) bond motifs is 1. The van der Waals surface area contributed by atoms with Crippen molar-refractivity contribution < 1.29 is 4.79 Å². The van der Waals surface area contributed by atoms with Gasteiger partial charge in [-0.2, -0.15) is 0 Å². The van der Waals surface area contributed by atoms with Gasteiger partial charge in [0, 0.05) is 49.6 Å². The summed E-state index contributed by atoms with van der Waals surface area (Å²) in [7, 11) is 0. The molecule has 1 fully saturated rings. The Bertz CT molecular complexity index is 1060. The molecule has 8 heteroatoms. The molecule has 2 aromatic heterocycles. The summed E-state index contributed by atoms with van der Waals surface area (Å²) in [4.78, 5) is 32.7. The highest BCUT2D eigenvalue weighted by Crippen LogP contribution is 2.30. The van der Waals surface area contributed by atoms with E-state index >= 15 is 0 Å². The van der Waals surface area contributed by atoms with Crippen LogP contribution in [-0.2, 0) is 11.3 Å². The fourth-order valence-electron chi connectivity index (χ4n) is 3.61. The number of nitrogens with zero attached hydrogens (tertiary/aromatic N) is 3. The molecular formula is C21H25ClN4O2S. The molecule has 3 heterocycles. The second kappa shape index (κ2) is 9.07. The number of halogens is 1. The van der Waals surface area contributed by atoms with E-state index in [0.29, 0.717) is 30.9 Å². The Morgan fingerprint density at radius 1 is 1.31 bits per heavy atom. The van der Waals surface area contributed by atoms with E-state index in [2.05, 4.69) is 17.2 Å². The van der Waals surface area contributed by atoms with E-state index in [0.717, 1.165) is 29.0 Å². The topological polar surface area (TPSA) is 67.2 Å². The van der Waals surface area contributed by atoms with Crippen LogP contribution in [0.4, 0.5) is 0 Å². The van der Waals surface area contributed by atoms with E-state index in [-0.39, 0.29) is 23.9 Å². The van der Waals surface area contributed by atoms with Crippen molar-refractivity contribution in [3.05, 3.63) is 51.9 Å². The van der Waals surface area contributed by atoms with Crippen molar-refractivity contribution >= 4 is 39.9 Å². The van der Waals surface area contributed by atoms with E-state index in [1.807, 2.05) is 41.5 Å². The molecule has 0 bridgehead atoms. The summed E-state index contributed by atoms with van der Waals surface area (Å²) < 4.78 is 1.57. The first-order valence-electron chi connectivity index (χ1n) is 9.58. The summed E-state index contributed by atoms with van der Waals surface area (Å²) in [6.45, 7) is 6.72. The third-order valence-electron chi connectivity index (χ3n) is 5.21. The van der Waals surface area contributed by atoms with Crippen molar-refractivity contribution in [1.29, 1.82) is 0 Å².